The maximum Gasteiger partial charge on any atom is 0.407 e. The Balaban J connectivity index is 0. The van der Waals surface area contributed by atoms with E-state index in [1.165, 1.54) is 6.92 Å². The van der Waals surface area contributed by atoms with Gasteiger partial charge in [-0.1, -0.05) is 0 Å². The first kappa shape index (κ1) is 25.0. The first-order valence-corrected chi connectivity index (χ1v) is 7.98. The summed E-state index contributed by atoms with van der Waals surface area (Å²) in [6.07, 6.45) is 0.295. The van der Waals surface area contributed by atoms with E-state index in [1.54, 1.807) is 0 Å². The van der Waals surface area contributed by atoms with Crippen LogP contribution in [0.4, 0.5) is 4.79 Å². The van der Waals surface area contributed by atoms with Gasteiger partial charge in [0.1, 0.15) is 5.60 Å². The predicted octanol–water partition coefficient (Wildman–Crippen LogP) is 1.21. The van der Waals surface area contributed by atoms with Gasteiger partial charge < -0.3 is 26.0 Å². The van der Waals surface area contributed by atoms with Crippen molar-refractivity contribution < 1.29 is 14.3 Å². The molecule has 0 rings (SSSR count). The van der Waals surface area contributed by atoms with E-state index in [0.717, 1.165) is 6.54 Å². The molecule has 24 heavy (non-hydrogen) atoms. The molecule has 142 valence electrons. The summed E-state index contributed by atoms with van der Waals surface area (Å²) in [5.41, 5.74) is -0.488. The molecule has 0 aliphatic heterocycles. The number of amides is 2. The fourth-order valence-electron chi connectivity index (χ4n) is 1.54. The number of guanidine groups is 1. The molecule has 0 unspecified atom stereocenters. The van der Waals surface area contributed by atoms with Crippen LogP contribution in [0, 0.1) is 0 Å². The SMILES string of the molecule is CCNC(=NCCCNC(=O)OC(C)(C)C)NCCNC(C)=O.I. The van der Waals surface area contributed by atoms with Gasteiger partial charge in [-0.2, -0.15) is 0 Å². The Morgan fingerprint density at radius 3 is 2.17 bits per heavy atom. The number of hydrogen-bond acceptors (Lipinski definition) is 4. The van der Waals surface area contributed by atoms with E-state index in [2.05, 4.69) is 26.3 Å². The number of halogens is 1. The Kier molecular flexibility index (Phi) is 14.7. The molecule has 0 aromatic heterocycles. The van der Waals surface area contributed by atoms with E-state index in [-0.39, 0.29) is 29.9 Å². The van der Waals surface area contributed by atoms with E-state index in [4.69, 9.17) is 4.74 Å². The summed E-state index contributed by atoms with van der Waals surface area (Å²) in [4.78, 5) is 26.6. The Labute approximate surface area is 162 Å². The Morgan fingerprint density at radius 2 is 1.62 bits per heavy atom. The highest BCUT2D eigenvalue weighted by molar-refractivity contribution is 14.0. The van der Waals surface area contributed by atoms with Gasteiger partial charge in [0.2, 0.25) is 5.91 Å². The van der Waals surface area contributed by atoms with Crippen LogP contribution >= 0.6 is 24.0 Å². The largest absolute Gasteiger partial charge is 0.444 e. The van der Waals surface area contributed by atoms with Gasteiger partial charge in [0.25, 0.3) is 0 Å². The zero-order valence-corrected chi connectivity index (χ0v) is 17.7. The van der Waals surface area contributed by atoms with Gasteiger partial charge in [-0.15, -0.1) is 24.0 Å². The molecule has 0 saturated carbocycles. The molecular weight excluding hydrogens is 425 g/mol. The van der Waals surface area contributed by atoms with Gasteiger partial charge in [-0.25, -0.2) is 4.79 Å². The third kappa shape index (κ3) is 17.1. The number of rotatable bonds is 8. The number of nitrogens with zero attached hydrogens (tertiary/aromatic N) is 1. The number of carbonyl (C=O) groups is 2. The minimum atomic E-state index is -0.488. The molecule has 0 bridgehead atoms. The van der Waals surface area contributed by atoms with Crippen LogP contribution in [0.15, 0.2) is 4.99 Å². The van der Waals surface area contributed by atoms with Crippen LogP contribution in [0.2, 0.25) is 0 Å². The third-order valence-electron chi connectivity index (χ3n) is 2.41. The van der Waals surface area contributed by atoms with E-state index < -0.39 is 11.7 Å². The van der Waals surface area contributed by atoms with Crippen molar-refractivity contribution in [2.75, 3.05) is 32.7 Å². The third-order valence-corrected chi connectivity index (χ3v) is 2.41. The lowest BCUT2D eigenvalue weighted by atomic mass is 10.2. The summed E-state index contributed by atoms with van der Waals surface area (Å²) >= 11 is 0. The topological polar surface area (TPSA) is 104 Å². The highest BCUT2D eigenvalue weighted by Gasteiger charge is 2.15. The quantitative estimate of drug-likeness (QED) is 0.190. The van der Waals surface area contributed by atoms with Gasteiger partial charge in [-0.3, -0.25) is 9.79 Å². The van der Waals surface area contributed by atoms with Crippen LogP contribution in [0.1, 0.15) is 41.0 Å². The monoisotopic (exact) mass is 457 g/mol. The van der Waals surface area contributed by atoms with E-state index >= 15 is 0 Å². The maximum absolute atomic E-state index is 11.5. The predicted molar refractivity (Wildman–Crippen MR) is 107 cm³/mol. The lowest BCUT2D eigenvalue weighted by Gasteiger charge is -2.19. The zero-order valence-electron chi connectivity index (χ0n) is 15.3. The van der Waals surface area contributed by atoms with Crippen molar-refractivity contribution in [1.29, 1.82) is 0 Å². The molecule has 0 saturated heterocycles. The minimum absolute atomic E-state index is 0. The lowest BCUT2D eigenvalue weighted by Crippen LogP contribution is -2.41. The fraction of sp³-hybridized carbons (Fsp3) is 0.800. The Bertz CT molecular complexity index is 397. The molecule has 0 atom stereocenters. The normalized spacial score (nSPS) is 11.1. The standard InChI is InChI=1S/C15H31N5O3.HI/c1-6-16-13(19-11-10-17-12(2)21)18-8-7-9-20-14(22)23-15(3,4)5;/h6-11H2,1-5H3,(H,17,21)(H,20,22)(H2,16,18,19);1H. The van der Waals surface area contributed by atoms with Crippen LogP contribution in [-0.2, 0) is 9.53 Å². The van der Waals surface area contributed by atoms with Crippen LogP contribution in [-0.4, -0.2) is 56.3 Å². The average Bonchev–Trinajstić information content (AvgIpc) is 2.40. The molecule has 0 aliphatic rings. The summed E-state index contributed by atoms with van der Waals surface area (Å²) in [5.74, 6) is 0.636. The molecule has 0 heterocycles. The number of alkyl carbamates (subject to hydrolysis) is 1. The van der Waals surface area contributed by atoms with Gasteiger partial charge >= 0.3 is 6.09 Å². The maximum atomic E-state index is 11.5. The summed E-state index contributed by atoms with van der Waals surface area (Å²) in [7, 11) is 0. The van der Waals surface area contributed by atoms with Crippen molar-refractivity contribution >= 4 is 41.9 Å². The Hall–Kier alpha value is -1.26. The van der Waals surface area contributed by atoms with Gasteiger partial charge in [0.15, 0.2) is 5.96 Å². The summed E-state index contributed by atoms with van der Waals surface area (Å²) < 4.78 is 5.14. The van der Waals surface area contributed by atoms with Crippen molar-refractivity contribution in [1.82, 2.24) is 21.3 Å². The molecule has 0 fully saturated rings. The number of aliphatic imine (C=N–C) groups is 1. The molecule has 2 amide bonds. The van der Waals surface area contributed by atoms with Crippen molar-refractivity contribution in [3.63, 3.8) is 0 Å². The van der Waals surface area contributed by atoms with E-state index in [9.17, 15) is 9.59 Å². The molecule has 0 aromatic rings. The highest BCUT2D eigenvalue weighted by atomic mass is 127. The molecule has 0 radical (unpaired) electrons. The fourth-order valence-corrected chi connectivity index (χ4v) is 1.54. The van der Waals surface area contributed by atoms with E-state index in [1.807, 2.05) is 27.7 Å². The molecule has 0 aliphatic carbocycles. The van der Waals surface area contributed by atoms with Crippen LogP contribution in [0.3, 0.4) is 0 Å². The summed E-state index contributed by atoms with van der Waals surface area (Å²) in [6, 6.07) is 0. The summed E-state index contributed by atoms with van der Waals surface area (Å²) in [5, 5.41) is 11.6. The van der Waals surface area contributed by atoms with E-state index in [0.29, 0.717) is 38.6 Å². The molecular formula is C15H32IN5O3. The first-order chi connectivity index (χ1) is 10.7. The molecule has 4 N–H and O–H groups in total. The zero-order chi connectivity index (χ0) is 17.7. The second kappa shape index (κ2) is 14.1. The number of carbonyl (C=O) groups excluding carboxylic acids is 2. The van der Waals surface area contributed by atoms with Crippen LogP contribution < -0.4 is 21.3 Å². The second-order valence-corrected chi connectivity index (χ2v) is 5.95. The number of ether oxygens (including phenoxy) is 1. The number of nitrogens with one attached hydrogen (secondary N) is 4. The van der Waals surface area contributed by atoms with Crippen LogP contribution in [0.5, 0.6) is 0 Å². The second-order valence-electron chi connectivity index (χ2n) is 5.95. The summed E-state index contributed by atoms with van der Waals surface area (Å²) in [6.45, 7) is 11.9. The lowest BCUT2D eigenvalue weighted by molar-refractivity contribution is -0.118. The molecule has 8 nitrogen and oxygen atoms in total. The van der Waals surface area contributed by atoms with Gasteiger partial charge in [-0.05, 0) is 34.1 Å². The van der Waals surface area contributed by atoms with Crippen LogP contribution in [0.25, 0.3) is 0 Å². The van der Waals surface area contributed by atoms with Crippen molar-refractivity contribution in [3.8, 4) is 0 Å². The van der Waals surface area contributed by atoms with Crippen molar-refractivity contribution in [3.05, 3.63) is 0 Å². The van der Waals surface area contributed by atoms with Gasteiger partial charge in [0, 0.05) is 39.6 Å². The molecule has 9 heteroatoms. The smallest absolute Gasteiger partial charge is 0.407 e. The number of hydrogen-bond donors (Lipinski definition) is 4. The van der Waals surface area contributed by atoms with Gasteiger partial charge in [0.05, 0.1) is 0 Å². The molecule has 0 aromatic carbocycles. The molecule has 0 spiro atoms. The minimum Gasteiger partial charge on any atom is -0.444 e. The Morgan fingerprint density at radius 1 is 1.00 bits per heavy atom. The van der Waals surface area contributed by atoms with Crippen molar-refractivity contribution in [2.24, 2.45) is 4.99 Å². The van der Waals surface area contributed by atoms with Crippen molar-refractivity contribution in [2.45, 2.75) is 46.6 Å². The average molecular weight is 457 g/mol. The highest BCUT2D eigenvalue weighted by Crippen LogP contribution is 2.06. The first-order valence-electron chi connectivity index (χ1n) is 7.98.